The minimum atomic E-state index is -4.64. The van der Waals surface area contributed by atoms with Gasteiger partial charge in [-0.25, -0.2) is 0 Å². The number of hydrogen-bond donors (Lipinski definition) is 1. The van der Waals surface area contributed by atoms with Crippen LogP contribution >= 0.6 is 31.9 Å². The Balaban J connectivity index is 2.59. The van der Waals surface area contributed by atoms with Crippen LogP contribution in [0.5, 0.6) is 5.75 Å². The average molecular weight is 407 g/mol. The molecule has 0 bridgehead atoms. The summed E-state index contributed by atoms with van der Waals surface area (Å²) in [6.07, 6.45) is -3.93. The molecule has 0 amide bonds. The molecule has 0 aliphatic carbocycles. The largest absolute Gasteiger partial charge is 0.522 e. The molecule has 0 aliphatic heterocycles. The zero-order chi connectivity index (χ0) is 14.5. The van der Waals surface area contributed by atoms with E-state index in [1.165, 1.54) is 0 Å². The van der Waals surface area contributed by atoms with Crippen LogP contribution in [0.15, 0.2) is 21.1 Å². The fourth-order valence-electron chi connectivity index (χ4n) is 1.36. The van der Waals surface area contributed by atoms with Gasteiger partial charge in [0.1, 0.15) is 12.4 Å². The van der Waals surface area contributed by atoms with Gasteiger partial charge < -0.3 is 10.5 Å². The second-order valence-electron chi connectivity index (χ2n) is 3.57. The summed E-state index contributed by atoms with van der Waals surface area (Å²) >= 11 is 6.60. The highest BCUT2D eigenvalue weighted by molar-refractivity contribution is 9.11. The van der Waals surface area contributed by atoms with Gasteiger partial charge in [-0.1, -0.05) is 0 Å². The van der Waals surface area contributed by atoms with Crippen LogP contribution in [0.4, 0.5) is 13.2 Å². The molecule has 1 aromatic carbocycles. The highest BCUT2D eigenvalue weighted by Crippen LogP contribution is 2.35. The summed E-state index contributed by atoms with van der Waals surface area (Å²) in [5, 5.41) is 0. The molecule has 0 heterocycles. The highest BCUT2D eigenvalue weighted by atomic mass is 79.9. The number of hydrogen-bond acceptors (Lipinski definition) is 3. The fraction of sp³-hybridized carbons (Fsp3) is 0.455. The van der Waals surface area contributed by atoms with Crippen molar-refractivity contribution in [2.75, 3.05) is 19.8 Å². The molecule has 1 aromatic rings. The van der Waals surface area contributed by atoms with Crippen LogP contribution in [-0.4, -0.2) is 26.1 Å². The standard InChI is InChI=1S/C11H12Br2F3NO2/c12-8-5-7(1-2-17)6-9(13)10(8)18-3-4-19-11(14,15)16/h5-6H,1-4,17H2. The highest BCUT2D eigenvalue weighted by Gasteiger charge is 2.28. The molecule has 3 nitrogen and oxygen atoms in total. The van der Waals surface area contributed by atoms with Crippen molar-refractivity contribution in [1.82, 2.24) is 0 Å². The SMILES string of the molecule is NCCc1cc(Br)c(OCCOC(F)(F)F)c(Br)c1. The third-order valence-electron chi connectivity index (χ3n) is 2.09. The summed E-state index contributed by atoms with van der Waals surface area (Å²) in [6, 6.07) is 3.63. The zero-order valence-corrected chi connectivity index (χ0v) is 12.9. The van der Waals surface area contributed by atoms with Gasteiger partial charge in [0.2, 0.25) is 0 Å². The Morgan fingerprint density at radius 2 is 1.68 bits per heavy atom. The smallest absolute Gasteiger partial charge is 0.489 e. The number of rotatable bonds is 6. The molecule has 108 valence electrons. The number of ether oxygens (including phenoxy) is 2. The van der Waals surface area contributed by atoms with Gasteiger partial charge in [0.15, 0.2) is 0 Å². The molecule has 0 saturated heterocycles. The third-order valence-corrected chi connectivity index (χ3v) is 3.26. The second kappa shape index (κ2) is 7.47. The van der Waals surface area contributed by atoms with Crippen LogP contribution in [0.2, 0.25) is 0 Å². The van der Waals surface area contributed by atoms with Crippen molar-refractivity contribution < 1.29 is 22.6 Å². The van der Waals surface area contributed by atoms with Gasteiger partial charge in [0.05, 0.1) is 15.6 Å². The van der Waals surface area contributed by atoms with Gasteiger partial charge in [-0.05, 0) is 62.5 Å². The maximum absolute atomic E-state index is 11.8. The fourth-order valence-corrected chi connectivity index (χ4v) is 2.87. The van der Waals surface area contributed by atoms with Gasteiger partial charge in [0.25, 0.3) is 0 Å². The monoisotopic (exact) mass is 405 g/mol. The molecule has 0 unspecified atom stereocenters. The Morgan fingerprint density at radius 1 is 1.11 bits per heavy atom. The predicted octanol–water partition coefficient (Wildman–Crippen LogP) is 3.63. The Kier molecular flexibility index (Phi) is 6.58. The van der Waals surface area contributed by atoms with E-state index >= 15 is 0 Å². The first-order chi connectivity index (χ1) is 8.83. The summed E-state index contributed by atoms with van der Waals surface area (Å²) < 4.78 is 45.5. The van der Waals surface area contributed by atoms with E-state index in [4.69, 9.17) is 10.5 Å². The molecule has 0 saturated carbocycles. The quantitative estimate of drug-likeness (QED) is 0.733. The number of alkyl halides is 3. The molecule has 19 heavy (non-hydrogen) atoms. The summed E-state index contributed by atoms with van der Waals surface area (Å²) in [4.78, 5) is 0. The molecule has 8 heteroatoms. The van der Waals surface area contributed by atoms with E-state index in [0.29, 0.717) is 27.7 Å². The number of halogens is 5. The predicted molar refractivity (Wildman–Crippen MR) is 72.1 cm³/mol. The Hall–Kier alpha value is -0.310. The van der Waals surface area contributed by atoms with E-state index in [-0.39, 0.29) is 6.61 Å². The average Bonchev–Trinajstić information content (AvgIpc) is 2.26. The molecule has 0 aromatic heterocycles. The van der Waals surface area contributed by atoms with E-state index in [0.717, 1.165) is 5.56 Å². The summed E-state index contributed by atoms with van der Waals surface area (Å²) in [6.45, 7) is -0.252. The molecule has 0 aliphatic rings. The topological polar surface area (TPSA) is 44.5 Å². The Bertz CT molecular complexity index is 404. The van der Waals surface area contributed by atoms with Crippen LogP contribution in [0.25, 0.3) is 0 Å². The molecular formula is C11H12Br2F3NO2. The van der Waals surface area contributed by atoms with Crippen LogP contribution in [0, 0.1) is 0 Å². The van der Waals surface area contributed by atoms with Crippen molar-refractivity contribution in [3.63, 3.8) is 0 Å². The van der Waals surface area contributed by atoms with Crippen LogP contribution in [-0.2, 0) is 11.2 Å². The maximum atomic E-state index is 11.8. The van der Waals surface area contributed by atoms with E-state index in [1.807, 2.05) is 12.1 Å². The third kappa shape index (κ3) is 6.11. The van der Waals surface area contributed by atoms with Crippen molar-refractivity contribution in [1.29, 1.82) is 0 Å². The maximum Gasteiger partial charge on any atom is 0.522 e. The van der Waals surface area contributed by atoms with E-state index in [9.17, 15) is 13.2 Å². The lowest BCUT2D eigenvalue weighted by molar-refractivity contribution is -0.325. The van der Waals surface area contributed by atoms with E-state index < -0.39 is 13.0 Å². The lowest BCUT2D eigenvalue weighted by Crippen LogP contribution is -2.18. The van der Waals surface area contributed by atoms with Crippen LogP contribution in [0.3, 0.4) is 0 Å². The van der Waals surface area contributed by atoms with Gasteiger partial charge in [-0.2, -0.15) is 0 Å². The lowest BCUT2D eigenvalue weighted by atomic mass is 10.1. The number of benzene rings is 1. The number of nitrogens with two attached hydrogens (primary N) is 1. The van der Waals surface area contributed by atoms with Gasteiger partial charge in [-0.15, -0.1) is 13.2 Å². The van der Waals surface area contributed by atoms with Crippen molar-refractivity contribution in [3.8, 4) is 5.75 Å². The first-order valence-corrected chi connectivity index (χ1v) is 6.93. The molecular weight excluding hydrogens is 395 g/mol. The van der Waals surface area contributed by atoms with Crippen molar-refractivity contribution in [2.24, 2.45) is 5.73 Å². The summed E-state index contributed by atoms with van der Waals surface area (Å²) in [5.41, 5.74) is 6.45. The van der Waals surface area contributed by atoms with Crippen LogP contribution in [0.1, 0.15) is 5.56 Å². The Labute approximate surface area is 125 Å². The van der Waals surface area contributed by atoms with E-state index in [1.54, 1.807) is 0 Å². The molecule has 0 fully saturated rings. The molecule has 2 N–H and O–H groups in total. The second-order valence-corrected chi connectivity index (χ2v) is 5.28. The van der Waals surface area contributed by atoms with Gasteiger partial charge in [0, 0.05) is 0 Å². The van der Waals surface area contributed by atoms with Crippen molar-refractivity contribution >= 4 is 31.9 Å². The zero-order valence-electron chi connectivity index (χ0n) is 9.77. The van der Waals surface area contributed by atoms with E-state index in [2.05, 4.69) is 36.6 Å². The van der Waals surface area contributed by atoms with Gasteiger partial charge in [-0.3, -0.25) is 4.74 Å². The minimum absolute atomic E-state index is 0.201. The van der Waals surface area contributed by atoms with Crippen molar-refractivity contribution in [2.45, 2.75) is 12.8 Å². The normalized spacial score (nSPS) is 11.7. The Morgan fingerprint density at radius 3 is 2.16 bits per heavy atom. The molecule has 1 rings (SSSR count). The lowest BCUT2D eigenvalue weighted by Gasteiger charge is -2.13. The first kappa shape index (κ1) is 16.7. The van der Waals surface area contributed by atoms with Crippen LogP contribution < -0.4 is 10.5 Å². The molecule has 0 radical (unpaired) electrons. The summed E-state index contributed by atoms with van der Waals surface area (Å²) in [5.74, 6) is 0.437. The molecule has 0 atom stereocenters. The molecule has 0 spiro atoms. The van der Waals surface area contributed by atoms with Gasteiger partial charge >= 0.3 is 6.36 Å². The summed E-state index contributed by atoms with van der Waals surface area (Å²) in [7, 11) is 0. The minimum Gasteiger partial charge on any atom is -0.489 e. The first-order valence-electron chi connectivity index (χ1n) is 5.35. The van der Waals surface area contributed by atoms with Crippen molar-refractivity contribution in [3.05, 3.63) is 26.6 Å².